The lowest BCUT2D eigenvalue weighted by molar-refractivity contribution is 0.312. The van der Waals surface area contributed by atoms with Crippen molar-refractivity contribution in [2.24, 2.45) is 11.1 Å². The third kappa shape index (κ3) is 1.17. The third-order valence-electron chi connectivity index (χ3n) is 2.69. The van der Waals surface area contributed by atoms with Gasteiger partial charge < -0.3 is 5.21 Å². The number of rotatable bonds is 0. The van der Waals surface area contributed by atoms with Gasteiger partial charge in [-0.3, -0.25) is 0 Å². The van der Waals surface area contributed by atoms with Crippen molar-refractivity contribution in [1.82, 2.24) is 0 Å². The van der Waals surface area contributed by atoms with Gasteiger partial charge in [0, 0.05) is 5.92 Å². The zero-order valence-corrected chi connectivity index (χ0v) is 7.03. The van der Waals surface area contributed by atoms with E-state index in [0.717, 1.165) is 25.0 Å². The Morgan fingerprint density at radius 2 is 2.33 bits per heavy atom. The molecule has 2 rings (SSSR count). The van der Waals surface area contributed by atoms with Crippen LogP contribution in [0, 0.1) is 5.92 Å². The van der Waals surface area contributed by atoms with Crippen molar-refractivity contribution in [3.05, 3.63) is 23.8 Å². The molecule has 0 saturated heterocycles. The summed E-state index contributed by atoms with van der Waals surface area (Å²) >= 11 is 0. The van der Waals surface area contributed by atoms with E-state index in [1.54, 1.807) is 0 Å². The largest absolute Gasteiger partial charge is 0.411 e. The minimum atomic E-state index is 0.411. The van der Waals surface area contributed by atoms with Crippen LogP contribution in [0.2, 0.25) is 0 Å². The summed E-state index contributed by atoms with van der Waals surface area (Å²) in [4.78, 5) is 0. The summed E-state index contributed by atoms with van der Waals surface area (Å²) in [5.74, 6) is 0.411. The van der Waals surface area contributed by atoms with Crippen molar-refractivity contribution in [2.75, 3.05) is 0 Å². The van der Waals surface area contributed by atoms with Crippen molar-refractivity contribution in [2.45, 2.75) is 25.7 Å². The highest BCUT2D eigenvalue weighted by molar-refractivity contribution is 5.90. The van der Waals surface area contributed by atoms with Crippen LogP contribution in [0.1, 0.15) is 25.7 Å². The molecule has 2 aliphatic rings. The first kappa shape index (κ1) is 7.59. The highest BCUT2D eigenvalue weighted by Crippen LogP contribution is 2.32. The fourth-order valence-electron chi connectivity index (χ4n) is 2.05. The van der Waals surface area contributed by atoms with E-state index in [4.69, 9.17) is 5.21 Å². The Morgan fingerprint density at radius 1 is 1.42 bits per heavy atom. The maximum absolute atomic E-state index is 8.77. The molecule has 2 aliphatic carbocycles. The third-order valence-corrected chi connectivity index (χ3v) is 2.69. The first-order valence-electron chi connectivity index (χ1n) is 4.48. The van der Waals surface area contributed by atoms with Crippen LogP contribution in [0.5, 0.6) is 0 Å². The van der Waals surface area contributed by atoms with Crippen LogP contribution < -0.4 is 0 Å². The van der Waals surface area contributed by atoms with E-state index in [1.165, 1.54) is 12.0 Å². The monoisotopic (exact) mass is 163 g/mol. The van der Waals surface area contributed by atoms with Gasteiger partial charge in [-0.2, -0.15) is 0 Å². The van der Waals surface area contributed by atoms with Crippen LogP contribution >= 0.6 is 0 Å². The van der Waals surface area contributed by atoms with Crippen molar-refractivity contribution in [3.63, 3.8) is 0 Å². The fraction of sp³-hybridized carbons (Fsp3) is 0.500. The molecule has 2 heteroatoms. The number of nitrogens with zero attached hydrogens (tertiary/aromatic N) is 1. The van der Waals surface area contributed by atoms with Crippen LogP contribution in [0.4, 0.5) is 0 Å². The van der Waals surface area contributed by atoms with Gasteiger partial charge in [-0.25, -0.2) is 0 Å². The van der Waals surface area contributed by atoms with E-state index < -0.39 is 0 Å². The molecule has 1 fully saturated rings. The van der Waals surface area contributed by atoms with E-state index in [9.17, 15) is 0 Å². The number of oxime groups is 1. The second-order valence-electron chi connectivity index (χ2n) is 3.40. The van der Waals surface area contributed by atoms with Gasteiger partial charge in [-0.1, -0.05) is 29.0 Å². The predicted molar refractivity (Wildman–Crippen MR) is 48.4 cm³/mol. The molecule has 0 bridgehead atoms. The van der Waals surface area contributed by atoms with Crippen molar-refractivity contribution in [3.8, 4) is 0 Å². The second-order valence-corrected chi connectivity index (χ2v) is 3.40. The number of hydrogen-bond acceptors (Lipinski definition) is 2. The van der Waals surface area contributed by atoms with Crippen LogP contribution in [-0.2, 0) is 0 Å². The maximum atomic E-state index is 8.77. The highest BCUT2D eigenvalue weighted by Gasteiger charge is 2.25. The van der Waals surface area contributed by atoms with E-state index in [0.29, 0.717) is 5.92 Å². The Bertz CT molecular complexity index is 263. The van der Waals surface area contributed by atoms with Gasteiger partial charge in [0.05, 0.1) is 5.71 Å². The van der Waals surface area contributed by atoms with Gasteiger partial charge in [-0.05, 0) is 25.7 Å². The van der Waals surface area contributed by atoms with Crippen molar-refractivity contribution in [1.29, 1.82) is 0 Å². The summed E-state index contributed by atoms with van der Waals surface area (Å²) in [5.41, 5.74) is 2.41. The van der Waals surface area contributed by atoms with E-state index >= 15 is 0 Å². The van der Waals surface area contributed by atoms with Crippen LogP contribution in [0.25, 0.3) is 0 Å². The molecule has 0 aromatic heterocycles. The molecule has 1 unspecified atom stereocenters. The summed E-state index contributed by atoms with van der Waals surface area (Å²) in [7, 11) is 0. The van der Waals surface area contributed by atoms with Crippen LogP contribution in [-0.4, -0.2) is 10.9 Å². The minimum Gasteiger partial charge on any atom is -0.411 e. The molecule has 0 heterocycles. The summed E-state index contributed by atoms with van der Waals surface area (Å²) < 4.78 is 0. The lowest BCUT2D eigenvalue weighted by atomic mass is 9.78. The summed E-state index contributed by atoms with van der Waals surface area (Å²) in [6.45, 7) is 0. The summed E-state index contributed by atoms with van der Waals surface area (Å²) in [5, 5.41) is 12.1. The minimum absolute atomic E-state index is 0.411. The average molecular weight is 163 g/mol. The second kappa shape index (κ2) is 3.13. The molecular weight excluding hydrogens is 150 g/mol. The molecule has 0 amide bonds. The standard InChI is InChI=1S/C10H13NO/c12-11-10-7-3-5-8-4-1-2-6-9(8)10/h1-2,4,9,12H,3,5-7H2/b11-10+. The van der Waals surface area contributed by atoms with E-state index in [2.05, 4.69) is 23.4 Å². The van der Waals surface area contributed by atoms with E-state index in [1.807, 2.05) is 0 Å². The maximum Gasteiger partial charge on any atom is 0.0645 e. The molecule has 2 nitrogen and oxygen atoms in total. The summed E-state index contributed by atoms with van der Waals surface area (Å²) in [6.07, 6.45) is 10.7. The average Bonchev–Trinajstić information content (AvgIpc) is 2.17. The van der Waals surface area contributed by atoms with Gasteiger partial charge in [0.1, 0.15) is 0 Å². The molecule has 64 valence electrons. The lowest BCUT2D eigenvalue weighted by Gasteiger charge is -2.26. The topological polar surface area (TPSA) is 32.6 Å². The molecule has 1 N–H and O–H groups in total. The van der Waals surface area contributed by atoms with Gasteiger partial charge in [0.15, 0.2) is 0 Å². The Labute approximate surface area is 72.3 Å². The predicted octanol–water partition coefficient (Wildman–Crippen LogP) is 2.50. The van der Waals surface area contributed by atoms with Gasteiger partial charge in [-0.15, -0.1) is 0 Å². The smallest absolute Gasteiger partial charge is 0.0645 e. The Hall–Kier alpha value is -1.05. The Kier molecular flexibility index (Phi) is 1.98. The molecule has 12 heavy (non-hydrogen) atoms. The van der Waals surface area contributed by atoms with Gasteiger partial charge in [0.2, 0.25) is 0 Å². The zero-order chi connectivity index (χ0) is 8.39. The molecular formula is C10H13NO. The Balaban J connectivity index is 2.25. The normalized spacial score (nSPS) is 31.5. The summed E-state index contributed by atoms with van der Waals surface area (Å²) in [6, 6.07) is 0. The Morgan fingerprint density at radius 3 is 3.17 bits per heavy atom. The molecule has 0 aromatic carbocycles. The van der Waals surface area contributed by atoms with Gasteiger partial charge in [0.25, 0.3) is 0 Å². The molecule has 0 spiro atoms. The van der Waals surface area contributed by atoms with Gasteiger partial charge >= 0.3 is 0 Å². The first-order chi connectivity index (χ1) is 5.92. The molecule has 1 saturated carbocycles. The van der Waals surface area contributed by atoms with Crippen molar-refractivity contribution >= 4 is 5.71 Å². The number of fused-ring (bicyclic) bond motifs is 1. The highest BCUT2D eigenvalue weighted by atomic mass is 16.4. The number of allylic oxidation sites excluding steroid dienone is 4. The molecule has 1 atom stereocenters. The molecule has 0 aromatic rings. The first-order valence-corrected chi connectivity index (χ1v) is 4.48. The molecule has 0 aliphatic heterocycles. The number of hydrogen-bond donors (Lipinski definition) is 1. The fourth-order valence-corrected chi connectivity index (χ4v) is 2.05. The van der Waals surface area contributed by atoms with Crippen LogP contribution in [0.15, 0.2) is 29.0 Å². The van der Waals surface area contributed by atoms with E-state index in [-0.39, 0.29) is 0 Å². The zero-order valence-electron chi connectivity index (χ0n) is 7.03. The van der Waals surface area contributed by atoms with Crippen molar-refractivity contribution < 1.29 is 5.21 Å². The SMILES string of the molecule is O/N=C1\CCCC2=CC=CCC21. The lowest BCUT2D eigenvalue weighted by Crippen LogP contribution is -2.22. The quantitative estimate of drug-likeness (QED) is 0.432. The molecule has 0 radical (unpaired) electrons. The van der Waals surface area contributed by atoms with Crippen LogP contribution in [0.3, 0.4) is 0 Å².